The predicted molar refractivity (Wildman–Crippen MR) is 149 cm³/mol. The molecule has 3 amide bonds. The molecule has 220 valence electrons. The van der Waals surface area contributed by atoms with Crippen molar-refractivity contribution in [3.8, 4) is 0 Å². The number of hydrogen-bond donors (Lipinski definition) is 1. The molecular formula is C29H32F4N4O3S. The summed E-state index contributed by atoms with van der Waals surface area (Å²) in [6.45, 7) is 4.94. The minimum Gasteiger partial charge on any atom is -0.379 e. The molecule has 0 atom stereocenters. The van der Waals surface area contributed by atoms with Crippen molar-refractivity contribution in [2.45, 2.75) is 26.2 Å². The highest BCUT2D eigenvalue weighted by molar-refractivity contribution is 7.10. The monoisotopic (exact) mass is 592 g/mol. The number of ether oxygens (including phenoxy) is 1. The van der Waals surface area contributed by atoms with E-state index in [9.17, 15) is 27.2 Å². The number of amides is 3. The van der Waals surface area contributed by atoms with E-state index in [1.165, 1.54) is 46.6 Å². The minimum atomic E-state index is -4.66. The van der Waals surface area contributed by atoms with Crippen molar-refractivity contribution >= 4 is 29.0 Å². The zero-order valence-electron chi connectivity index (χ0n) is 22.6. The van der Waals surface area contributed by atoms with Gasteiger partial charge >= 0.3 is 12.2 Å². The number of carbonyl (C=O) groups is 2. The molecule has 1 N–H and O–H groups in total. The van der Waals surface area contributed by atoms with Gasteiger partial charge in [0.15, 0.2) is 0 Å². The second-order valence-electron chi connectivity index (χ2n) is 9.75. The van der Waals surface area contributed by atoms with Crippen LogP contribution in [0.25, 0.3) is 0 Å². The molecule has 41 heavy (non-hydrogen) atoms. The smallest absolute Gasteiger partial charge is 0.379 e. The molecule has 1 aromatic heterocycles. The number of hydrogen-bond acceptors (Lipinski definition) is 5. The number of para-hydroxylation sites is 1. The Morgan fingerprint density at radius 2 is 1.71 bits per heavy atom. The number of benzene rings is 2. The maximum Gasteiger partial charge on any atom is 0.418 e. The van der Waals surface area contributed by atoms with E-state index >= 15 is 0 Å². The lowest BCUT2D eigenvalue weighted by atomic mass is 10.1. The molecular weight excluding hydrogens is 560 g/mol. The number of alkyl halides is 3. The van der Waals surface area contributed by atoms with Crippen molar-refractivity contribution in [3.05, 3.63) is 87.4 Å². The van der Waals surface area contributed by atoms with Gasteiger partial charge in [-0.05, 0) is 53.8 Å². The van der Waals surface area contributed by atoms with E-state index < -0.39 is 23.6 Å². The zero-order chi connectivity index (χ0) is 29.4. The van der Waals surface area contributed by atoms with Gasteiger partial charge in [0.1, 0.15) is 12.4 Å². The topological polar surface area (TPSA) is 65.1 Å². The molecule has 2 heterocycles. The van der Waals surface area contributed by atoms with Crippen LogP contribution in [0.15, 0.2) is 60.0 Å². The van der Waals surface area contributed by atoms with E-state index in [1.807, 2.05) is 18.4 Å². The van der Waals surface area contributed by atoms with Crippen LogP contribution in [0.5, 0.6) is 0 Å². The summed E-state index contributed by atoms with van der Waals surface area (Å²) in [5.41, 5.74) is 0.361. The molecule has 0 bridgehead atoms. The molecule has 12 heteroatoms. The van der Waals surface area contributed by atoms with Crippen LogP contribution in [-0.2, 0) is 28.8 Å². The molecule has 2 aromatic carbocycles. The molecule has 0 aliphatic carbocycles. The van der Waals surface area contributed by atoms with Crippen molar-refractivity contribution in [2.24, 2.45) is 0 Å². The number of halogens is 4. The predicted octanol–water partition coefficient (Wildman–Crippen LogP) is 5.61. The average Bonchev–Trinajstić information content (AvgIpc) is 3.35. The first kappa shape index (κ1) is 30.5. The number of aryl methyl sites for hydroxylation is 1. The second kappa shape index (κ2) is 13.9. The number of urea groups is 1. The molecule has 0 saturated carbocycles. The van der Waals surface area contributed by atoms with Gasteiger partial charge < -0.3 is 19.9 Å². The molecule has 1 fully saturated rings. The Morgan fingerprint density at radius 3 is 2.37 bits per heavy atom. The highest BCUT2D eigenvalue weighted by atomic mass is 32.1. The fourth-order valence-corrected chi connectivity index (χ4v) is 5.34. The number of rotatable bonds is 10. The molecule has 1 aliphatic heterocycles. The third kappa shape index (κ3) is 8.75. The summed E-state index contributed by atoms with van der Waals surface area (Å²) in [4.78, 5) is 32.9. The summed E-state index contributed by atoms with van der Waals surface area (Å²) >= 11 is 1.50. The largest absolute Gasteiger partial charge is 0.418 e. The van der Waals surface area contributed by atoms with Crippen LogP contribution < -0.4 is 5.32 Å². The summed E-state index contributed by atoms with van der Waals surface area (Å²) in [7, 11) is 0. The summed E-state index contributed by atoms with van der Waals surface area (Å²) in [5, 5.41) is 4.30. The van der Waals surface area contributed by atoms with Crippen LogP contribution >= 0.6 is 11.3 Å². The third-order valence-corrected chi connectivity index (χ3v) is 7.83. The lowest BCUT2D eigenvalue weighted by Gasteiger charge is -2.31. The van der Waals surface area contributed by atoms with Gasteiger partial charge in [0.05, 0.1) is 31.0 Å². The lowest BCUT2D eigenvalue weighted by molar-refractivity contribution is -0.137. The fourth-order valence-electron chi connectivity index (χ4n) is 4.42. The maximum atomic E-state index is 13.7. The lowest BCUT2D eigenvalue weighted by Crippen LogP contribution is -2.48. The van der Waals surface area contributed by atoms with Gasteiger partial charge in [-0.15, -0.1) is 11.3 Å². The van der Waals surface area contributed by atoms with Gasteiger partial charge in [-0.1, -0.05) is 24.3 Å². The zero-order valence-corrected chi connectivity index (χ0v) is 23.4. The molecule has 0 spiro atoms. The van der Waals surface area contributed by atoms with Gasteiger partial charge in [-0.2, -0.15) is 13.2 Å². The van der Waals surface area contributed by atoms with Gasteiger partial charge in [0.25, 0.3) is 0 Å². The van der Waals surface area contributed by atoms with Crippen molar-refractivity contribution in [2.75, 3.05) is 51.3 Å². The Kier molecular flexibility index (Phi) is 10.4. The quantitative estimate of drug-likeness (QED) is 0.311. The van der Waals surface area contributed by atoms with E-state index in [2.05, 4.69) is 10.2 Å². The number of anilines is 1. The summed E-state index contributed by atoms with van der Waals surface area (Å²) in [5.74, 6) is -0.783. The van der Waals surface area contributed by atoms with Crippen LogP contribution in [0, 0.1) is 12.7 Å². The van der Waals surface area contributed by atoms with Gasteiger partial charge in [-0.3, -0.25) is 9.69 Å². The molecule has 0 unspecified atom stereocenters. The molecule has 3 aromatic rings. The number of nitrogens with zero attached hydrogens (tertiary/aromatic N) is 3. The number of thiophene rings is 1. The first-order valence-electron chi connectivity index (χ1n) is 13.2. The fraction of sp³-hybridized carbons (Fsp3) is 0.379. The number of nitrogens with one attached hydrogen (secondary N) is 1. The Bertz CT molecular complexity index is 1310. The highest BCUT2D eigenvalue weighted by Crippen LogP contribution is 2.34. The highest BCUT2D eigenvalue weighted by Gasteiger charge is 2.34. The first-order chi connectivity index (χ1) is 19.6. The van der Waals surface area contributed by atoms with Crippen molar-refractivity contribution in [3.63, 3.8) is 0 Å². The molecule has 1 saturated heterocycles. The van der Waals surface area contributed by atoms with E-state index in [1.54, 1.807) is 17.0 Å². The normalized spacial score (nSPS) is 14.1. The summed E-state index contributed by atoms with van der Waals surface area (Å²) in [6, 6.07) is 11.7. The van der Waals surface area contributed by atoms with E-state index in [0.29, 0.717) is 38.4 Å². The van der Waals surface area contributed by atoms with Crippen molar-refractivity contribution in [1.29, 1.82) is 0 Å². The number of morpholine rings is 1. The summed E-state index contributed by atoms with van der Waals surface area (Å²) in [6.07, 6.45) is -4.66. The van der Waals surface area contributed by atoms with Crippen LogP contribution in [0.4, 0.5) is 28.0 Å². The van der Waals surface area contributed by atoms with Gasteiger partial charge in [0, 0.05) is 37.6 Å². The maximum absolute atomic E-state index is 13.7. The van der Waals surface area contributed by atoms with Crippen LogP contribution in [0.3, 0.4) is 0 Å². The Labute approximate surface area is 240 Å². The third-order valence-electron chi connectivity index (χ3n) is 6.82. The minimum absolute atomic E-state index is 0.119. The van der Waals surface area contributed by atoms with Crippen LogP contribution in [-0.4, -0.2) is 72.6 Å². The summed E-state index contributed by atoms with van der Waals surface area (Å²) < 4.78 is 59.6. The van der Waals surface area contributed by atoms with Crippen molar-refractivity contribution < 1.29 is 31.9 Å². The van der Waals surface area contributed by atoms with E-state index in [0.717, 1.165) is 16.5 Å². The van der Waals surface area contributed by atoms with Gasteiger partial charge in [0.2, 0.25) is 5.91 Å². The van der Waals surface area contributed by atoms with Crippen LogP contribution in [0.1, 0.15) is 21.6 Å². The molecule has 4 rings (SSSR count). The Morgan fingerprint density at radius 1 is 1.00 bits per heavy atom. The molecule has 0 radical (unpaired) electrons. The first-order valence-corrected chi connectivity index (χ1v) is 14.1. The molecule has 1 aliphatic rings. The Hall–Kier alpha value is -3.48. The van der Waals surface area contributed by atoms with E-state index in [-0.39, 0.29) is 37.8 Å². The number of carbonyl (C=O) groups excluding carboxylic acids is 2. The second-order valence-corrected chi connectivity index (χ2v) is 10.8. The van der Waals surface area contributed by atoms with Gasteiger partial charge in [-0.25, -0.2) is 9.18 Å². The van der Waals surface area contributed by atoms with Crippen LogP contribution in [0.2, 0.25) is 0 Å². The Balaban J connectivity index is 1.55. The molecule has 7 nitrogen and oxygen atoms in total. The van der Waals surface area contributed by atoms with Crippen molar-refractivity contribution in [1.82, 2.24) is 14.7 Å². The van der Waals surface area contributed by atoms with E-state index in [4.69, 9.17) is 4.74 Å². The average molecular weight is 593 g/mol. The SMILES string of the molecule is Cc1ccsc1CN(Cc1ccc(F)cc1)C(=O)CN(CCN1CCOCC1)C(=O)Nc1ccccc1C(F)(F)F. The standard InChI is InChI=1S/C29H32F4N4O3S/c1-21-10-17-41-26(21)19-37(18-22-6-8-23(30)9-7-22)27(38)20-36(12-11-35-13-15-40-16-14-35)28(39)34-25-5-3-2-4-24(25)29(31,32)33/h2-10,17H,11-16,18-20H2,1H3,(H,34,39).